The van der Waals surface area contributed by atoms with Crippen molar-refractivity contribution in [3.8, 4) is 0 Å². The number of benzene rings is 3. The third kappa shape index (κ3) is 4.71. The average molecular weight is 423 g/mol. The SMILES string of the molecule is Cc1cccc(N(C)S(=O)(=O)c2cccc(C(=O)Nc3ccc(C(C)C)cc3)c2)c1. The van der Waals surface area contributed by atoms with Crippen LogP contribution in [-0.4, -0.2) is 21.4 Å². The summed E-state index contributed by atoms with van der Waals surface area (Å²) in [6.07, 6.45) is 0. The first-order valence-corrected chi connectivity index (χ1v) is 11.2. The highest BCUT2D eigenvalue weighted by Gasteiger charge is 2.22. The van der Waals surface area contributed by atoms with E-state index in [1.807, 2.05) is 43.3 Å². The molecule has 0 aliphatic carbocycles. The highest BCUT2D eigenvalue weighted by molar-refractivity contribution is 7.92. The van der Waals surface area contributed by atoms with Gasteiger partial charge in [0.1, 0.15) is 0 Å². The standard InChI is InChI=1S/C24H26N2O3S/c1-17(2)19-11-13-21(14-12-19)25-24(27)20-8-6-10-23(16-20)30(28,29)26(4)22-9-5-7-18(3)15-22/h5-17H,1-4H3,(H,25,27). The third-order valence-electron chi connectivity index (χ3n) is 4.96. The Labute approximate surface area is 178 Å². The minimum absolute atomic E-state index is 0.0642. The van der Waals surface area contributed by atoms with Crippen LogP contribution in [-0.2, 0) is 10.0 Å². The molecule has 0 spiro atoms. The molecule has 30 heavy (non-hydrogen) atoms. The van der Waals surface area contributed by atoms with Crippen LogP contribution in [0.3, 0.4) is 0 Å². The van der Waals surface area contributed by atoms with E-state index in [1.165, 1.54) is 29.0 Å². The van der Waals surface area contributed by atoms with Crippen LogP contribution in [0.4, 0.5) is 11.4 Å². The molecule has 0 atom stereocenters. The molecule has 6 heteroatoms. The number of sulfonamides is 1. The smallest absolute Gasteiger partial charge is 0.264 e. The number of hydrogen-bond donors (Lipinski definition) is 1. The molecule has 1 N–H and O–H groups in total. The number of aryl methyl sites for hydroxylation is 1. The highest BCUT2D eigenvalue weighted by Crippen LogP contribution is 2.24. The summed E-state index contributed by atoms with van der Waals surface area (Å²) in [4.78, 5) is 12.7. The predicted molar refractivity (Wildman–Crippen MR) is 122 cm³/mol. The Balaban J connectivity index is 1.83. The minimum atomic E-state index is -3.80. The number of nitrogens with one attached hydrogen (secondary N) is 1. The molecule has 5 nitrogen and oxygen atoms in total. The Kier molecular flexibility index (Phi) is 6.27. The maximum absolute atomic E-state index is 13.1. The molecule has 0 radical (unpaired) electrons. The fraction of sp³-hybridized carbons (Fsp3) is 0.208. The number of hydrogen-bond acceptors (Lipinski definition) is 3. The fourth-order valence-corrected chi connectivity index (χ4v) is 4.31. The molecule has 3 aromatic carbocycles. The first-order chi connectivity index (χ1) is 14.2. The van der Waals surface area contributed by atoms with Gasteiger partial charge in [-0.2, -0.15) is 0 Å². The fourth-order valence-electron chi connectivity index (χ4n) is 3.07. The maximum Gasteiger partial charge on any atom is 0.264 e. The second-order valence-corrected chi connectivity index (χ2v) is 9.54. The monoisotopic (exact) mass is 422 g/mol. The van der Waals surface area contributed by atoms with E-state index in [1.54, 1.807) is 24.3 Å². The van der Waals surface area contributed by atoms with E-state index < -0.39 is 10.0 Å². The first-order valence-electron chi connectivity index (χ1n) is 9.75. The van der Waals surface area contributed by atoms with Gasteiger partial charge in [0, 0.05) is 18.3 Å². The summed E-state index contributed by atoms with van der Waals surface area (Å²) in [5.74, 6) is 0.0459. The van der Waals surface area contributed by atoms with E-state index in [0.717, 1.165) is 5.56 Å². The molecule has 0 unspecified atom stereocenters. The Morgan fingerprint density at radius 1 is 0.933 bits per heavy atom. The second-order valence-electron chi connectivity index (χ2n) is 7.57. The van der Waals surface area contributed by atoms with Crippen LogP contribution in [0.5, 0.6) is 0 Å². The molecular formula is C24H26N2O3S. The number of carbonyl (C=O) groups is 1. The summed E-state index contributed by atoms with van der Waals surface area (Å²) in [6.45, 7) is 6.11. The van der Waals surface area contributed by atoms with Crippen LogP contribution < -0.4 is 9.62 Å². The van der Waals surface area contributed by atoms with Crippen molar-refractivity contribution in [2.45, 2.75) is 31.6 Å². The predicted octanol–water partition coefficient (Wildman–Crippen LogP) is 5.20. The zero-order chi connectivity index (χ0) is 21.9. The van der Waals surface area contributed by atoms with Gasteiger partial charge in [-0.3, -0.25) is 9.10 Å². The Bertz CT molecular complexity index is 1150. The lowest BCUT2D eigenvalue weighted by molar-refractivity contribution is 0.102. The molecule has 0 aliphatic heterocycles. The molecule has 0 heterocycles. The molecule has 0 fully saturated rings. The van der Waals surface area contributed by atoms with Crippen molar-refractivity contribution in [2.24, 2.45) is 0 Å². The van der Waals surface area contributed by atoms with Crippen LogP contribution >= 0.6 is 0 Å². The summed E-state index contributed by atoms with van der Waals surface area (Å²) in [5.41, 5.74) is 3.65. The summed E-state index contributed by atoms with van der Waals surface area (Å²) in [5, 5.41) is 2.82. The van der Waals surface area contributed by atoms with Crippen molar-refractivity contribution in [1.29, 1.82) is 0 Å². The molecule has 3 rings (SSSR count). The maximum atomic E-state index is 13.1. The van der Waals surface area contributed by atoms with Gasteiger partial charge >= 0.3 is 0 Å². The summed E-state index contributed by atoms with van der Waals surface area (Å²) < 4.78 is 27.4. The van der Waals surface area contributed by atoms with Gasteiger partial charge in [0.2, 0.25) is 0 Å². The van der Waals surface area contributed by atoms with Crippen LogP contribution in [0.2, 0.25) is 0 Å². The largest absolute Gasteiger partial charge is 0.322 e. The van der Waals surface area contributed by atoms with Gasteiger partial charge in [0.05, 0.1) is 10.6 Å². The molecule has 156 valence electrons. The van der Waals surface area contributed by atoms with Crippen molar-refractivity contribution in [3.63, 3.8) is 0 Å². The molecule has 0 saturated heterocycles. The Morgan fingerprint density at radius 3 is 2.23 bits per heavy atom. The molecular weight excluding hydrogens is 396 g/mol. The number of amides is 1. The van der Waals surface area contributed by atoms with E-state index >= 15 is 0 Å². The van der Waals surface area contributed by atoms with E-state index in [2.05, 4.69) is 19.2 Å². The molecule has 0 aliphatic rings. The molecule has 0 aromatic heterocycles. The van der Waals surface area contributed by atoms with Gasteiger partial charge in [-0.15, -0.1) is 0 Å². The van der Waals surface area contributed by atoms with Crippen molar-refractivity contribution in [3.05, 3.63) is 89.5 Å². The molecule has 3 aromatic rings. The normalized spacial score (nSPS) is 11.4. The van der Waals surface area contributed by atoms with E-state index in [4.69, 9.17) is 0 Å². The van der Waals surface area contributed by atoms with Crippen molar-refractivity contribution in [1.82, 2.24) is 0 Å². The summed E-state index contributed by atoms with van der Waals surface area (Å²) in [7, 11) is -2.29. The van der Waals surface area contributed by atoms with Crippen LogP contribution in [0.25, 0.3) is 0 Å². The lowest BCUT2D eigenvalue weighted by atomic mass is 10.0. The zero-order valence-corrected chi connectivity index (χ0v) is 18.4. The number of anilines is 2. The van der Waals surface area contributed by atoms with Gasteiger partial charge in [0.25, 0.3) is 15.9 Å². The number of rotatable bonds is 6. The van der Waals surface area contributed by atoms with Crippen molar-refractivity contribution in [2.75, 3.05) is 16.7 Å². The summed E-state index contributed by atoms with van der Waals surface area (Å²) >= 11 is 0. The number of nitrogens with zero attached hydrogens (tertiary/aromatic N) is 1. The quantitative estimate of drug-likeness (QED) is 0.594. The van der Waals surface area contributed by atoms with Crippen LogP contribution in [0.15, 0.2) is 77.7 Å². The third-order valence-corrected chi connectivity index (χ3v) is 6.74. The average Bonchev–Trinajstić information content (AvgIpc) is 2.73. The molecule has 0 saturated carbocycles. The lowest BCUT2D eigenvalue weighted by Crippen LogP contribution is -2.27. The first kappa shape index (κ1) is 21.6. The number of carbonyl (C=O) groups excluding carboxylic acids is 1. The van der Waals surface area contributed by atoms with E-state index in [-0.39, 0.29) is 16.4 Å². The second kappa shape index (κ2) is 8.71. The van der Waals surface area contributed by atoms with Gasteiger partial charge in [-0.1, -0.05) is 44.2 Å². The van der Waals surface area contributed by atoms with Crippen LogP contribution in [0, 0.1) is 6.92 Å². The highest BCUT2D eigenvalue weighted by atomic mass is 32.2. The van der Waals surface area contributed by atoms with Gasteiger partial charge in [-0.05, 0) is 66.4 Å². The van der Waals surface area contributed by atoms with Gasteiger partial charge in [-0.25, -0.2) is 8.42 Å². The van der Waals surface area contributed by atoms with Crippen molar-refractivity contribution < 1.29 is 13.2 Å². The Hall–Kier alpha value is -3.12. The molecule has 0 bridgehead atoms. The minimum Gasteiger partial charge on any atom is -0.322 e. The zero-order valence-electron chi connectivity index (χ0n) is 17.6. The topological polar surface area (TPSA) is 66.5 Å². The van der Waals surface area contributed by atoms with Gasteiger partial charge in [0.15, 0.2) is 0 Å². The van der Waals surface area contributed by atoms with E-state index in [0.29, 0.717) is 17.3 Å². The lowest BCUT2D eigenvalue weighted by Gasteiger charge is -2.20. The molecule has 1 amide bonds. The Morgan fingerprint density at radius 2 is 1.60 bits per heavy atom. The van der Waals surface area contributed by atoms with Crippen LogP contribution in [0.1, 0.15) is 41.3 Å². The van der Waals surface area contributed by atoms with E-state index in [9.17, 15) is 13.2 Å². The van der Waals surface area contributed by atoms with Gasteiger partial charge < -0.3 is 5.32 Å². The van der Waals surface area contributed by atoms with Crippen molar-refractivity contribution >= 4 is 27.3 Å². The summed E-state index contributed by atoms with van der Waals surface area (Å²) in [6, 6.07) is 21.0.